The topological polar surface area (TPSA) is 85.7 Å². The predicted octanol–water partition coefficient (Wildman–Crippen LogP) is 2.99. The highest BCUT2D eigenvalue weighted by molar-refractivity contribution is 6.00. The number of aromatic nitrogens is 2. The van der Waals surface area contributed by atoms with Gasteiger partial charge in [0.2, 0.25) is 11.8 Å². The number of benzene rings is 2. The number of fused-ring (bicyclic) bond motifs is 1. The number of hydrogen-bond donors (Lipinski definition) is 1. The minimum atomic E-state index is -0.402. The van der Waals surface area contributed by atoms with Crippen molar-refractivity contribution in [3.8, 4) is 11.5 Å². The van der Waals surface area contributed by atoms with E-state index in [1.54, 1.807) is 11.0 Å². The lowest BCUT2D eigenvalue weighted by molar-refractivity contribution is -0.126. The van der Waals surface area contributed by atoms with Crippen molar-refractivity contribution < 1.29 is 19.1 Å². The zero-order valence-corrected chi connectivity index (χ0v) is 19.4. The van der Waals surface area contributed by atoms with Crippen molar-refractivity contribution in [1.82, 2.24) is 15.1 Å². The Kier molecular flexibility index (Phi) is 5.96. The van der Waals surface area contributed by atoms with Gasteiger partial charge in [-0.1, -0.05) is 30.3 Å². The van der Waals surface area contributed by atoms with Gasteiger partial charge in [0.05, 0.1) is 18.2 Å². The van der Waals surface area contributed by atoms with Crippen molar-refractivity contribution in [3.05, 3.63) is 71.0 Å². The van der Waals surface area contributed by atoms with E-state index in [-0.39, 0.29) is 18.2 Å². The number of carbonyl (C=O) groups is 2. The summed E-state index contributed by atoms with van der Waals surface area (Å²) in [6, 6.07) is 15.6. The van der Waals surface area contributed by atoms with Crippen LogP contribution < -0.4 is 19.7 Å². The Morgan fingerprint density at radius 1 is 1.09 bits per heavy atom. The monoisotopic (exact) mass is 460 g/mol. The fraction of sp³-hybridized carbons (Fsp3) is 0.346. The highest BCUT2D eigenvalue weighted by Crippen LogP contribution is 2.36. The van der Waals surface area contributed by atoms with Crippen molar-refractivity contribution in [3.63, 3.8) is 0 Å². The third kappa shape index (κ3) is 4.35. The average molecular weight is 461 g/mol. The Hall–Kier alpha value is -3.81. The summed E-state index contributed by atoms with van der Waals surface area (Å²) in [5, 5.41) is 7.69. The summed E-state index contributed by atoms with van der Waals surface area (Å²) in [7, 11) is 0. The van der Waals surface area contributed by atoms with E-state index in [4.69, 9.17) is 9.47 Å². The number of carbonyl (C=O) groups excluding carboxylic acids is 2. The molecule has 3 aromatic rings. The Balaban J connectivity index is 1.22. The summed E-state index contributed by atoms with van der Waals surface area (Å²) in [6.07, 6.45) is 0.186. The van der Waals surface area contributed by atoms with Gasteiger partial charge in [0, 0.05) is 42.5 Å². The van der Waals surface area contributed by atoms with Gasteiger partial charge in [0.25, 0.3) is 0 Å². The number of amides is 2. The van der Waals surface area contributed by atoms with E-state index in [0.29, 0.717) is 44.3 Å². The SMILES string of the molecule is Cc1nn(Cc2ccccc2)c(C)c1CNC(=O)[C@@H]1CC(=O)N(c2ccc3c(c2)OCCO3)C1. The van der Waals surface area contributed by atoms with Gasteiger partial charge in [0.15, 0.2) is 11.5 Å². The average Bonchev–Trinajstić information content (AvgIpc) is 3.37. The first-order valence-electron chi connectivity index (χ1n) is 11.5. The summed E-state index contributed by atoms with van der Waals surface area (Å²) in [6.45, 7) is 6.39. The molecule has 0 aliphatic carbocycles. The molecule has 0 radical (unpaired) electrons. The standard InChI is InChI=1S/C26H28N4O4/c1-17-22(18(2)30(28-17)15-19-6-4-3-5-7-19)14-27-26(32)20-12-25(31)29(16-20)21-8-9-23-24(13-21)34-11-10-33-23/h3-9,13,20H,10-12,14-16H2,1-2H3,(H,27,32)/t20-/m1/s1. The van der Waals surface area contributed by atoms with E-state index in [0.717, 1.165) is 22.6 Å². The van der Waals surface area contributed by atoms with Crippen LogP contribution in [0.3, 0.4) is 0 Å². The summed E-state index contributed by atoms with van der Waals surface area (Å²) in [5.74, 6) is 0.709. The molecule has 1 aromatic heterocycles. The fourth-order valence-electron chi connectivity index (χ4n) is 4.55. The van der Waals surface area contributed by atoms with Gasteiger partial charge in [-0.2, -0.15) is 5.10 Å². The van der Waals surface area contributed by atoms with E-state index >= 15 is 0 Å². The van der Waals surface area contributed by atoms with Crippen LogP contribution in [0.25, 0.3) is 0 Å². The van der Waals surface area contributed by atoms with Gasteiger partial charge in [-0.15, -0.1) is 0 Å². The first-order chi connectivity index (χ1) is 16.5. The van der Waals surface area contributed by atoms with Crippen molar-refractivity contribution in [2.75, 3.05) is 24.7 Å². The predicted molar refractivity (Wildman–Crippen MR) is 127 cm³/mol. The molecule has 2 aliphatic heterocycles. The summed E-state index contributed by atoms with van der Waals surface area (Å²) in [4.78, 5) is 27.3. The second-order valence-corrected chi connectivity index (χ2v) is 8.74. The van der Waals surface area contributed by atoms with Gasteiger partial charge < -0.3 is 19.7 Å². The second-order valence-electron chi connectivity index (χ2n) is 8.74. The third-order valence-corrected chi connectivity index (χ3v) is 6.48. The number of anilines is 1. The minimum Gasteiger partial charge on any atom is -0.486 e. The normalized spacial score (nSPS) is 17.2. The lowest BCUT2D eigenvalue weighted by Crippen LogP contribution is -2.33. The zero-order chi connectivity index (χ0) is 23.7. The number of rotatable bonds is 6. The van der Waals surface area contributed by atoms with Gasteiger partial charge in [-0.05, 0) is 31.5 Å². The van der Waals surface area contributed by atoms with Crippen LogP contribution in [0.1, 0.15) is 28.9 Å². The van der Waals surface area contributed by atoms with Gasteiger partial charge in [-0.25, -0.2) is 0 Å². The summed E-state index contributed by atoms with van der Waals surface area (Å²) in [5.41, 5.74) is 4.83. The Labute approximate surface area is 198 Å². The Morgan fingerprint density at radius 2 is 1.85 bits per heavy atom. The molecule has 8 nitrogen and oxygen atoms in total. The van der Waals surface area contributed by atoms with Crippen LogP contribution in [0.15, 0.2) is 48.5 Å². The molecular formula is C26H28N4O4. The molecule has 0 bridgehead atoms. The van der Waals surface area contributed by atoms with Crippen molar-refractivity contribution in [2.24, 2.45) is 5.92 Å². The number of hydrogen-bond acceptors (Lipinski definition) is 5. The third-order valence-electron chi connectivity index (χ3n) is 6.48. The molecule has 1 fully saturated rings. The molecule has 34 heavy (non-hydrogen) atoms. The molecule has 2 aromatic carbocycles. The quantitative estimate of drug-likeness (QED) is 0.611. The largest absolute Gasteiger partial charge is 0.486 e. The first kappa shape index (κ1) is 22.0. The summed E-state index contributed by atoms with van der Waals surface area (Å²) < 4.78 is 13.2. The molecule has 1 N–H and O–H groups in total. The molecule has 0 saturated carbocycles. The number of ether oxygens (including phenoxy) is 2. The van der Waals surface area contributed by atoms with Crippen molar-refractivity contribution in [2.45, 2.75) is 33.4 Å². The van der Waals surface area contributed by atoms with Crippen LogP contribution in [0.4, 0.5) is 5.69 Å². The molecule has 0 unspecified atom stereocenters. The molecule has 2 aliphatic rings. The Bertz CT molecular complexity index is 1220. The zero-order valence-electron chi connectivity index (χ0n) is 19.4. The van der Waals surface area contributed by atoms with Gasteiger partial charge >= 0.3 is 0 Å². The van der Waals surface area contributed by atoms with Crippen molar-refractivity contribution in [1.29, 1.82) is 0 Å². The van der Waals surface area contributed by atoms with E-state index in [9.17, 15) is 9.59 Å². The van der Waals surface area contributed by atoms with Crippen LogP contribution in [-0.2, 0) is 22.7 Å². The van der Waals surface area contributed by atoms with Crippen LogP contribution in [0.2, 0.25) is 0 Å². The van der Waals surface area contributed by atoms with Gasteiger partial charge in [0.1, 0.15) is 13.2 Å². The molecule has 1 atom stereocenters. The number of nitrogens with one attached hydrogen (secondary N) is 1. The van der Waals surface area contributed by atoms with Gasteiger partial charge in [-0.3, -0.25) is 14.3 Å². The molecule has 5 rings (SSSR count). The molecule has 8 heteroatoms. The first-order valence-corrected chi connectivity index (χ1v) is 11.5. The maximum atomic E-state index is 12.9. The van der Waals surface area contributed by atoms with Crippen LogP contribution in [0, 0.1) is 19.8 Å². The maximum absolute atomic E-state index is 12.9. The number of aryl methyl sites for hydroxylation is 1. The Morgan fingerprint density at radius 3 is 2.65 bits per heavy atom. The summed E-state index contributed by atoms with van der Waals surface area (Å²) >= 11 is 0. The lowest BCUT2D eigenvalue weighted by Gasteiger charge is -2.22. The van der Waals surface area contributed by atoms with Crippen LogP contribution >= 0.6 is 0 Å². The van der Waals surface area contributed by atoms with E-state index in [2.05, 4.69) is 22.5 Å². The van der Waals surface area contributed by atoms with Crippen LogP contribution in [0.5, 0.6) is 11.5 Å². The fourth-order valence-corrected chi connectivity index (χ4v) is 4.55. The van der Waals surface area contributed by atoms with Crippen LogP contribution in [-0.4, -0.2) is 41.4 Å². The molecule has 176 valence electrons. The van der Waals surface area contributed by atoms with E-state index < -0.39 is 5.92 Å². The molecule has 0 spiro atoms. The lowest BCUT2D eigenvalue weighted by atomic mass is 10.1. The van der Waals surface area contributed by atoms with Crippen molar-refractivity contribution >= 4 is 17.5 Å². The number of nitrogens with zero attached hydrogens (tertiary/aromatic N) is 3. The van der Waals surface area contributed by atoms with E-state index in [1.807, 2.05) is 48.9 Å². The second kappa shape index (κ2) is 9.21. The van der Waals surface area contributed by atoms with E-state index in [1.165, 1.54) is 5.56 Å². The molecule has 2 amide bonds. The molecule has 1 saturated heterocycles. The highest BCUT2D eigenvalue weighted by atomic mass is 16.6. The molecule has 3 heterocycles. The smallest absolute Gasteiger partial charge is 0.227 e. The molecular weight excluding hydrogens is 432 g/mol. The maximum Gasteiger partial charge on any atom is 0.227 e. The minimum absolute atomic E-state index is 0.0696. The highest BCUT2D eigenvalue weighted by Gasteiger charge is 2.35.